The monoisotopic (exact) mass is 813 g/mol. The molecule has 2 N–H and O–H groups in total. The summed E-state index contributed by atoms with van der Waals surface area (Å²) in [4.78, 5) is 5.21. The molecule has 2 atom stereocenters. The first-order valence-corrected chi connectivity index (χ1v) is 23.2. The number of para-hydroxylation sites is 1. The zero-order valence-corrected chi connectivity index (χ0v) is 35.1. The van der Waals surface area contributed by atoms with Gasteiger partial charge in [0.15, 0.2) is 8.07 Å². The molecule has 0 bridgehead atoms. The Morgan fingerprint density at radius 3 is 1.65 bits per heavy atom. The highest BCUT2D eigenvalue weighted by Crippen LogP contribution is 2.38. The first-order valence-electron chi connectivity index (χ1n) is 21.2. The van der Waals surface area contributed by atoms with Crippen LogP contribution in [-0.2, 0) is 0 Å². The fraction of sp³-hybridized carbons (Fsp3) is 0.0351. The van der Waals surface area contributed by atoms with Crippen molar-refractivity contribution in [2.45, 2.75) is 12.1 Å². The van der Waals surface area contributed by atoms with Crippen LogP contribution in [0.25, 0.3) is 49.4 Å². The molecule has 0 saturated carbocycles. The van der Waals surface area contributed by atoms with E-state index in [9.17, 15) is 0 Å². The standard InChI is InChI=1S/C57H43N3OSi/c58-56(41-20-6-1-7-21-41)57(42-22-8-2-9-23-42)59-39-40-19-18-24-43(35-40)60-52-34-33-47(36-49(52)50-38-55-51(37-53(50)60)48-31-16-17-32-54(48)61-55)62(44-25-10-3-11-26-44,45-27-12-4-13-28-45)46-29-14-5-15-30-46/h1-39,56-57H,58H2/b59-39+/t56?,57-/m1/s1. The van der Waals surface area contributed by atoms with Crippen LogP contribution in [0, 0.1) is 0 Å². The third-order valence-corrected chi connectivity index (χ3v) is 17.3. The van der Waals surface area contributed by atoms with E-state index in [0.717, 1.165) is 60.7 Å². The lowest BCUT2D eigenvalue weighted by Crippen LogP contribution is -2.74. The van der Waals surface area contributed by atoms with Gasteiger partial charge in [-0.05, 0) is 73.8 Å². The largest absolute Gasteiger partial charge is 0.456 e. The number of aliphatic imine (C=N–C) groups is 1. The van der Waals surface area contributed by atoms with E-state index >= 15 is 0 Å². The maximum absolute atomic E-state index is 6.97. The minimum absolute atomic E-state index is 0.264. The maximum atomic E-state index is 6.97. The van der Waals surface area contributed by atoms with Gasteiger partial charge in [0, 0.05) is 33.4 Å². The number of hydrogen-bond donors (Lipinski definition) is 1. The van der Waals surface area contributed by atoms with Crippen LogP contribution >= 0.6 is 0 Å². The molecule has 0 aliphatic rings. The molecule has 9 aromatic carbocycles. The fourth-order valence-electron chi connectivity index (χ4n) is 9.62. The van der Waals surface area contributed by atoms with Crippen LogP contribution in [0.5, 0.6) is 0 Å². The van der Waals surface area contributed by atoms with Crippen molar-refractivity contribution in [3.8, 4) is 5.69 Å². The highest BCUT2D eigenvalue weighted by atomic mass is 28.3. The number of hydrogen-bond acceptors (Lipinski definition) is 3. The van der Waals surface area contributed by atoms with E-state index in [-0.39, 0.29) is 12.1 Å². The lowest BCUT2D eigenvalue weighted by atomic mass is 9.94. The van der Waals surface area contributed by atoms with Crippen molar-refractivity contribution in [3.05, 3.63) is 247 Å². The summed E-state index contributed by atoms with van der Waals surface area (Å²) in [5, 5.41) is 9.86. The molecule has 0 saturated heterocycles. The molecule has 11 rings (SSSR count). The van der Waals surface area contributed by atoms with Gasteiger partial charge < -0.3 is 14.7 Å². The highest BCUT2D eigenvalue weighted by molar-refractivity contribution is 7.20. The molecular weight excluding hydrogens is 771 g/mol. The van der Waals surface area contributed by atoms with Crippen LogP contribution in [0.3, 0.4) is 0 Å². The summed E-state index contributed by atoms with van der Waals surface area (Å²) in [6, 6.07) is 82.2. The van der Waals surface area contributed by atoms with Crippen LogP contribution in [-0.4, -0.2) is 18.9 Å². The number of furan rings is 1. The summed E-state index contributed by atoms with van der Waals surface area (Å²) in [5.74, 6) is 0. The Bertz CT molecular complexity index is 3270. The minimum Gasteiger partial charge on any atom is -0.456 e. The van der Waals surface area contributed by atoms with Crippen molar-refractivity contribution in [2.75, 3.05) is 0 Å². The summed E-state index contributed by atoms with van der Waals surface area (Å²) < 4.78 is 8.97. The van der Waals surface area contributed by atoms with Crippen molar-refractivity contribution in [1.29, 1.82) is 0 Å². The van der Waals surface area contributed by atoms with Gasteiger partial charge in [-0.2, -0.15) is 0 Å². The predicted molar refractivity (Wildman–Crippen MR) is 262 cm³/mol. The van der Waals surface area contributed by atoms with Crippen LogP contribution in [0.1, 0.15) is 28.8 Å². The van der Waals surface area contributed by atoms with E-state index in [1.165, 1.54) is 26.1 Å². The minimum atomic E-state index is -2.81. The second-order valence-electron chi connectivity index (χ2n) is 16.0. The summed E-state index contributed by atoms with van der Waals surface area (Å²) >= 11 is 0. The molecule has 296 valence electrons. The van der Waals surface area contributed by atoms with Gasteiger partial charge in [0.25, 0.3) is 0 Å². The first kappa shape index (κ1) is 37.4. The molecule has 4 nitrogen and oxygen atoms in total. The average molecular weight is 814 g/mol. The van der Waals surface area contributed by atoms with E-state index in [1.54, 1.807) is 0 Å². The van der Waals surface area contributed by atoms with Crippen molar-refractivity contribution < 1.29 is 4.42 Å². The van der Waals surface area contributed by atoms with Crippen molar-refractivity contribution in [3.63, 3.8) is 0 Å². The molecule has 0 fully saturated rings. The van der Waals surface area contributed by atoms with Crippen LogP contribution in [0.2, 0.25) is 0 Å². The summed E-state index contributed by atoms with van der Waals surface area (Å²) in [5.41, 5.74) is 15.1. The quantitative estimate of drug-likeness (QED) is 0.0849. The molecule has 1 unspecified atom stereocenters. The van der Waals surface area contributed by atoms with E-state index in [4.69, 9.17) is 15.1 Å². The molecule has 62 heavy (non-hydrogen) atoms. The maximum Gasteiger partial charge on any atom is 0.179 e. The predicted octanol–water partition coefficient (Wildman–Crippen LogP) is 10.9. The van der Waals surface area contributed by atoms with Crippen molar-refractivity contribution in [2.24, 2.45) is 10.7 Å². The second kappa shape index (κ2) is 15.8. The SMILES string of the molecule is NC(c1ccccc1)[C@H](/N=C/c1cccc(-n2c3ccc([Si](c4ccccc4)(c4ccccc4)c4ccccc4)cc3c3cc4oc5ccccc5c4cc32)c1)c1ccccc1. The molecule has 0 spiro atoms. The molecule has 0 aliphatic carbocycles. The zero-order valence-electron chi connectivity index (χ0n) is 34.1. The van der Waals surface area contributed by atoms with Gasteiger partial charge in [-0.3, -0.25) is 4.99 Å². The van der Waals surface area contributed by atoms with Crippen LogP contribution in [0.4, 0.5) is 0 Å². The van der Waals surface area contributed by atoms with Gasteiger partial charge in [-0.15, -0.1) is 0 Å². The number of benzene rings is 9. The molecule has 0 amide bonds. The normalized spacial score (nSPS) is 13.0. The Labute approximate surface area is 361 Å². The average Bonchev–Trinajstić information content (AvgIpc) is 3.87. The Hall–Kier alpha value is -7.57. The number of nitrogens with zero attached hydrogens (tertiary/aromatic N) is 2. The summed E-state index contributed by atoms with van der Waals surface area (Å²) in [6.07, 6.45) is 1.98. The van der Waals surface area contributed by atoms with Crippen LogP contribution in [0.15, 0.2) is 240 Å². The molecule has 0 radical (unpaired) electrons. The Kier molecular flexibility index (Phi) is 9.53. The van der Waals surface area contributed by atoms with Gasteiger partial charge in [0.05, 0.1) is 23.1 Å². The number of fused-ring (bicyclic) bond motifs is 6. The molecule has 2 aromatic heterocycles. The van der Waals surface area contributed by atoms with Crippen molar-refractivity contribution in [1.82, 2.24) is 4.57 Å². The third kappa shape index (κ3) is 6.38. The Morgan fingerprint density at radius 1 is 0.435 bits per heavy atom. The van der Waals surface area contributed by atoms with E-state index < -0.39 is 8.07 Å². The van der Waals surface area contributed by atoms with Gasteiger partial charge in [0.1, 0.15) is 11.2 Å². The third-order valence-electron chi connectivity index (χ3n) is 12.5. The summed E-state index contributed by atoms with van der Waals surface area (Å²) in [7, 11) is -2.81. The van der Waals surface area contributed by atoms with Gasteiger partial charge in [0.2, 0.25) is 0 Å². The lowest BCUT2D eigenvalue weighted by Gasteiger charge is -2.34. The Morgan fingerprint density at radius 2 is 1.00 bits per heavy atom. The molecule has 5 heteroatoms. The molecule has 2 heterocycles. The van der Waals surface area contributed by atoms with Crippen LogP contribution < -0.4 is 26.5 Å². The molecule has 11 aromatic rings. The zero-order chi connectivity index (χ0) is 41.5. The smallest absolute Gasteiger partial charge is 0.179 e. The highest BCUT2D eigenvalue weighted by Gasteiger charge is 2.41. The fourth-order valence-corrected chi connectivity index (χ4v) is 14.4. The van der Waals surface area contributed by atoms with Gasteiger partial charge in [-0.1, -0.05) is 194 Å². The number of nitrogens with two attached hydrogens (primary N) is 1. The van der Waals surface area contributed by atoms with E-state index in [2.05, 4.69) is 205 Å². The summed E-state index contributed by atoms with van der Waals surface area (Å²) in [6.45, 7) is 0. The lowest BCUT2D eigenvalue weighted by molar-refractivity contribution is 0.579. The van der Waals surface area contributed by atoms with E-state index in [0.29, 0.717) is 0 Å². The number of aromatic nitrogens is 1. The topological polar surface area (TPSA) is 56.4 Å². The second-order valence-corrected chi connectivity index (χ2v) is 19.9. The van der Waals surface area contributed by atoms with Gasteiger partial charge in [-0.25, -0.2) is 0 Å². The molecular formula is C57H43N3OSi. The van der Waals surface area contributed by atoms with Crippen molar-refractivity contribution >= 4 is 78.8 Å². The first-order chi connectivity index (χ1) is 30.7. The molecule has 0 aliphatic heterocycles. The number of rotatable bonds is 10. The van der Waals surface area contributed by atoms with E-state index in [1.807, 2.05) is 36.5 Å². The Balaban J connectivity index is 1.13. The van der Waals surface area contributed by atoms with Gasteiger partial charge >= 0.3 is 0 Å².